The van der Waals surface area contributed by atoms with Gasteiger partial charge in [-0.25, -0.2) is 0 Å². The molecule has 1 aromatic carbocycles. The summed E-state index contributed by atoms with van der Waals surface area (Å²) < 4.78 is 9.71. The zero-order chi connectivity index (χ0) is 10.7. The zero-order valence-electron chi connectivity index (χ0n) is 7.61. The molecule has 14 heavy (non-hydrogen) atoms. The maximum atomic E-state index is 10.6. The first-order valence-corrected chi connectivity index (χ1v) is 4.04. The molecule has 0 N–H and O–H groups in total. The van der Waals surface area contributed by atoms with Crippen LogP contribution in [0.25, 0.3) is 0 Å². The Bertz CT molecular complexity index is 367. The number of benzene rings is 1. The summed E-state index contributed by atoms with van der Waals surface area (Å²) in [6.07, 6.45) is 0. The number of hydrogen-bond donors (Lipinski definition) is 0. The van der Waals surface area contributed by atoms with Gasteiger partial charge in [0.05, 0.1) is 19.1 Å². The Kier molecular flexibility index (Phi) is 3.14. The Balaban J connectivity index is 3.35. The lowest BCUT2D eigenvalue weighted by Gasteiger charge is -2.07. The van der Waals surface area contributed by atoms with E-state index in [9.17, 15) is 10.1 Å². The molecule has 0 bridgehead atoms. The van der Waals surface area contributed by atoms with E-state index >= 15 is 0 Å². The molecule has 0 heterocycles. The van der Waals surface area contributed by atoms with E-state index in [2.05, 4.69) is 0 Å². The van der Waals surface area contributed by atoms with Crippen molar-refractivity contribution in [3.8, 4) is 11.5 Å². The van der Waals surface area contributed by atoms with Crippen LogP contribution in [0.15, 0.2) is 12.1 Å². The number of hydrogen-bond acceptors (Lipinski definition) is 4. The standard InChI is InChI=1S/C8H8ClNO4/c1-13-6-4-3-5(10(11)12)8(14-2)7(6)9/h3-4H,1-2H3. The Morgan fingerprint density at radius 3 is 2.43 bits per heavy atom. The quantitative estimate of drug-likeness (QED) is 0.576. The van der Waals surface area contributed by atoms with Gasteiger partial charge in [-0.2, -0.15) is 0 Å². The van der Waals surface area contributed by atoms with Gasteiger partial charge in [0, 0.05) is 6.07 Å². The molecule has 0 aliphatic carbocycles. The van der Waals surface area contributed by atoms with Gasteiger partial charge in [-0.15, -0.1) is 0 Å². The number of methoxy groups -OCH3 is 2. The van der Waals surface area contributed by atoms with Gasteiger partial charge < -0.3 is 9.47 Å². The maximum absolute atomic E-state index is 10.6. The van der Waals surface area contributed by atoms with E-state index in [0.717, 1.165) is 0 Å². The van der Waals surface area contributed by atoms with Gasteiger partial charge in [0.2, 0.25) is 5.75 Å². The fourth-order valence-corrected chi connectivity index (χ4v) is 1.34. The third kappa shape index (κ3) is 1.72. The van der Waals surface area contributed by atoms with E-state index in [-0.39, 0.29) is 16.5 Å². The van der Waals surface area contributed by atoms with Crippen LogP contribution in [0.2, 0.25) is 5.02 Å². The lowest BCUT2D eigenvalue weighted by atomic mass is 10.3. The smallest absolute Gasteiger partial charge is 0.312 e. The topological polar surface area (TPSA) is 61.6 Å². The Morgan fingerprint density at radius 2 is 2.00 bits per heavy atom. The van der Waals surface area contributed by atoms with Gasteiger partial charge in [0.25, 0.3) is 0 Å². The van der Waals surface area contributed by atoms with Crippen LogP contribution >= 0.6 is 11.6 Å². The molecule has 0 aliphatic heterocycles. The monoisotopic (exact) mass is 217 g/mol. The summed E-state index contributed by atoms with van der Waals surface area (Å²) in [4.78, 5) is 9.99. The summed E-state index contributed by atoms with van der Waals surface area (Å²) in [5.74, 6) is 0.352. The third-order valence-electron chi connectivity index (χ3n) is 1.66. The molecule has 0 aliphatic rings. The largest absolute Gasteiger partial charge is 0.495 e. The lowest BCUT2D eigenvalue weighted by molar-refractivity contribution is -0.385. The maximum Gasteiger partial charge on any atom is 0.312 e. The van der Waals surface area contributed by atoms with E-state index in [1.54, 1.807) is 0 Å². The average Bonchev–Trinajstić information content (AvgIpc) is 2.17. The molecular formula is C8H8ClNO4. The van der Waals surface area contributed by atoms with Gasteiger partial charge in [-0.1, -0.05) is 11.6 Å². The van der Waals surface area contributed by atoms with E-state index in [1.807, 2.05) is 0 Å². The van der Waals surface area contributed by atoms with Crippen molar-refractivity contribution in [2.24, 2.45) is 0 Å². The highest BCUT2D eigenvalue weighted by molar-refractivity contribution is 6.33. The molecule has 76 valence electrons. The van der Waals surface area contributed by atoms with Crippen molar-refractivity contribution >= 4 is 17.3 Å². The van der Waals surface area contributed by atoms with Crippen LogP contribution in [0, 0.1) is 10.1 Å². The minimum absolute atomic E-state index is 0.0102. The normalized spacial score (nSPS) is 9.64. The minimum Gasteiger partial charge on any atom is -0.495 e. The number of nitro groups is 1. The molecule has 0 saturated heterocycles. The second-order valence-electron chi connectivity index (χ2n) is 2.39. The lowest BCUT2D eigenvalue weighted by Crippen LogP contribution is -1.96. The van der Waals surface area contributed by atoms with Crippen LogP contribution in [0.4, 0.5) is 5.69 Å². The Hall–Kier alpha value is -1.49. The van der Waals surface area contributed by atoms with Crippen molar-refractivity contribution in [2.45, 2.75) is 0 Å². The second kappa shape index (κ2) is 4.15. The van der Waals surface area contributed by atoms with Gasteiger partial charge in [0.15, 0.2) is 0 Å². The summed E-state index contributed by atoms with van der Waals surface area (Å²) in [7, 11) is 2.74. The van der Waals surface area contributed by atoms with Crippen molar-refractivity contribution in [1.29, 1.82) is 0 Å². The third-order valence-corrected chi connectivity index (χ3v) is 2.02. The van der Waals surface area contributed by atoms with Crippen molar-refractivity contribution in [3.63, 3.8) is 0 Å². The number of ether oxygens (including phenoxy) is 2. The number of halogens is 1. The van der Waals surface area contributed by atoms with Crippen LogP contribution in [-0.4, -0.2) is 19.1 Å². The first-order valence-electron chi connectivity index (χ1n) is 3.66. The van der Waals surface area contributed by atoms with E-state index in [4.69, 9.17) is 21.1 Å². The fraction of sp³-hybridized carbons (Fsp3) is 0.250. The minimum atomic E-state index is -0.565. The highest BCUT2D eigenvalue weighted by Gasteiger charge is 2.20. The average molecular weight is 218 g/mol. The highest BCUT2D eigenvalue weighted by Crippen LogP contribution is 2.40. The molecular weight excluding hydrogens is 210 g/mol. The molecule has 5 nitrogen and oxygen atoms in total. The molecule has 0 fully saturated rings. The molecule has 0 unspecified atom stereocenters. The van der Waals surface area contributed by atoms with Gasteiger partial charge in [-0.05, 0) is 6.07 Å². The molecule has 0 radical (unpaired) electrons. The summed E-state index contributed by atoms with van der Waals surface area (Å²) in [5, 5.41) is 10.7. The first-order chi connectivity index (χ1) is 6.61. The van der Waals surface area contributed by atoms with Crippen LogP contribution in [-0.2, 0) is 0 Å². The summed E-state index contributed by atoms with van der Waals surface area (Å²) in [6, 6.07) is 2.70. The van der Waals surface area contributed by atoms with Crippen molar-refractivity contribution < 1.29 is 14.4 Å². The van der Waals surface area contributed by atoms with Crippen molar-refractivity contribution in [1.82, 2.24) is 0 Å². The highest BCUT2D eigenvalue weighted by atomic mass is 35.5. The molecule has 0 atom stereocenters. The Labute approximate surface area is 85.3 Å². The molecule has 0 amide bonds. The molecule has 0 saturated carbocycles. The second-order valence-corrected chi connectivity index (χ2v) is 2.77. The Morgan fingerprint density at radius 1 is 1.36 bits per heavy atom. The van der Waals surface area contributed by atoms with E-state index in [0.29, 0.717) is 5.75 Å². The molecule has 1 rings (SSSR count). The van der Waals surface area contributed by atoms with Gasteiger partial charge in [-0.3, -0.25) is 10.1 Å². The van der Waals surface area contributed by atoms with Gasteiger partial charge >= 0.3 is 5.69 Å². The van der Waals surface area contributed by atoms with Crippen LogP contribution in [0.3, 0.4) is 0 Å². The van der Waals surface area contributed by atoms with Crippen LogP contribution < -0.4 is 9.47 Å². The number of nitro benzene ring substituents is 1. The summed E-state index contributed by atoms with van der Waals surface area (Å²) in [5.41, 5.74) is -0.182. The molecule has 0 spiro atoms. The molecule has 1 aromatic rings. The fourth-order valence-electron chi connectivity index (χ4n) is 1.02. The van der Waals surface area contributed by atoms with Crippen LogP contribution in [0.5, 0.6) is 11.5 Å². The van der Waals surface area contributed by atoms with Gasteiger partial charge in [0.1, 0.15) is 10.8 Å². The summed E-state index contributed by atoms with van der Waals surface area (Å²) in [6.45, 7) is 0. The van der Waals surface area contributed by atoms with E-state index in [1.165, 1.54) is 26.4 Å². The summed E-state index contributed by atoms with van der Waals surface area (Å²) >= 11 is 5.80. The van der Waals surface area contributed by atoms with Crippen molar-refractivity contribution in [3.05, 3.63) is 27.3 Å². The molecule has 0 aromatic heterocycles. The number of rotatable bonds is 3. The van der Waals surface area contributed by atoms with E-state index < -0.39 is 4.92 Å². The first kappa shape index (κ1) is 10.6. The van der Waals surface area contributed by atoms with Crippen molar-refractivity contribution in [2.75, 3.05) is 14.2 Å². The predicted octanol–water partition coefficient (Wildman–Crippen LogP) is 2.27. The number of nitrogens with zero attached hydrogens (tertiary/aromatic N) is 1. The molecule has 6 heteroatoms. The predicted molar refractivity (Wildman–Crippen MR) is 51.2 cm³/mol. The van der Waals surface area contributed by atoms with Crippen LogP contribution in [0.1, 0.15) is 0 Å². The zero-order valence-corrected chi connectivity index (χ0v) is 8.37. The SMILES string of the molecule is COc1ccc([N+](=O)[O-])c(OC)c1Cl.